The van der Waals surface area contributed by atoms with Crippen LogP contribution in [0.4, 0.5) is 22.4 Å². The van der Waals surface area contributed by atoms with Crippen molar-refractivity contribution in [3.63, 3.8) is 0 Å². The predicted octanol–water partition coefficient (Wildman–Crippen LogP) is 3.90. The van der Waals surface area contributed by atoms with E-state index in [9.17, 15) is 36.7 Å². The van der Waals surface area contributed by atoms with Crippen LogP contribution in [-0.4, -0.2) is 52.2 Å². The molecule has 35 heavy (non-hydrogen) atoms. The van der Waals surface area contributed by atoms with Gasteiger partial charge >= 0.3 is 12.2 Å². The molecule has 4 amide bonds. The molecule has 0 saturated carbocycles. The molecule has 1 spiro atoms. The summed E-state index contributed by atoms with van der Waals surface area (Å²) in [5, 5.41) is 2.46. The van der Waals surface area contributed by atoms with Crippen molar-refractivity contribution < 1.29 is 36.7 Å². The van der Waals surface area contributed by atoms with Crippen LogP contribution in [0.5, 0.6) is 0 Å². The third kappa shape index (κ3) is 4.42. The Kier molecular flexibility index (Phi) is 6.20. The average molecular weight is 556 g/mol. The molecule has 0 bridgehead atoms. The number of carbonyl (C=O) groups is 4. The Labute approximate surface area is 205 Å². The van der Waals surface area contributed by atoms with E-state index >= 15 is 0 Å². The molecule has 2 atom stereocenters. The Hall–Kier alpha value is -3.28. The first-order chi connectivity index (χ1) is 16.3. The minimum atomic E-state index is -4.79. The highest BCUT2D eigenvalue weighted by atomic mass is 79.9. The van der Waals surface area contributed by atoms with E-state index in [1.54, 1.807) is 6.07 Å². The number of ketones is 1. The molecular formula is C23H18BrF4N3O4. The molecule has 7 nitrogen and oxygen atoms in total. The number of benzene rings is 2. The number of nitrogens with zero attached hydrogens (tertiary/aromatic N) is 2. The summed E-state index contributed by atoms with van der Waals surface area (Å²) >= 11 is 3.24. The fourth-order valence-corrected chi connectivity index (χ4v) is 4.61. The molecule has 1 unspecified atom stereocenters. The second-order valence-corrected chi connectivity index (χ2v) is 9.30. The van der Waals surface area contributed by atoms with Crippen LogP contribution in [0, 0.1) is 5.82 Å². The van der Waals surface area contributed by atoms with Crippen molar-refractivity contribution in [1.82, 2.24) is 15.1 Å². The minimum absolute atomic E-state index is 0.227. The van der Waals surface area contributed by atoms with Crippen LogP contribution in [-0.2, 0) is 21.7 Å². The van der Waals surface area contributed by atoms with Crippen molar-refractivity contribution in [3.8, 4) is 0 Å². The molecule has 4 rings (SSSR count). The van der Waals surface area contributed by atoms with E-state index in [4.69, 9.17) is 0 Å². The van der Waals surface area contributed by atoms with Gasteiger partial charge in [-0.05, 0) is 42.3 Å². The fourth-order valence-electron chi connectivity index (χ4n) is 4.25. The quantitative estimate of drug-likeness (QED) is 0.448. The zero-order valence-electron chi connectivity index (χ0n) is 18.2. The molecule has 1 heterocycles. The summed E-state index contributed by atoms with van der Waals surface area (Å²) in [6, 6.07) is 5.92. The number of hydrogen-bond donors (Lipinski definition) is 1. The standard InChI is InChI=1S/C23H18BrF4N3O4/c1-12(23(26,27)28)30(10-13-2-5-15(25)6-3-13)19(33)11-31-20(34)22(29-21(31)35)9-18(32)16-8-14(24)4-7-17(16)22/h2-8,12H,9-11H2,1H3,(H,29,35)/t12-,22?/m0/s1. The van der Waals surface area contributed by atoms with Gasteiger partial charge in [0.15, 0.2) is 11.3 Å². The smallest absolute Gasteiger partial charge is 0.325 e. The molecular weight excluding hydrogens is 538 g/mol. The van der Waals surface area contributed by atoms with Crippen LogP contribution in [0.3, 0.4) is 0 Å². The van der Waals surface area contributed by atoms with Gasteiger partial charge in [-0.2, -0.15) is 13.2 Å². The van der Waals surface area contributed by atoms with Crippen LogP contribution < -0.4 is 5.32 Å². The Morgan fingerprint density at radius 1 is 1.17 bits per heavy atom. The first kappa shape index (κ1) is 24.8. The molecule has 0 aromatic heterocycles. The molecule has 2 aromatic carbocycles. The summed E-state index contributed by atoms with van der Waals surface area (Å²) in [5.41, 5.74) is -1.01. The number of hydrogen-bond acceptors (Lipinski definition) is 4. The Morgan fingerprint density at radius 2 is 1.83 bits per heavy atom. The number of alkyl halides is 3. The Balaban J connectivity index is 1.61. The number of imide groups is 1. The number of Topliss-reactive ketones (excluding diaryl/α,β-unsaturated/α-hetero) is 1. The lowest BCUT2D eigenvalue weighted by Crippen LogP contribution is -2.51. The summed E-state index contributed by atoms with van der Waals surface area (Å²) < 4.78 is 54.4. The normalized spacial score (nSPS) is 20.3. The number of halogens is 5. The SMILES string of the molecule is C[C@H](N(Cc1ccc(F)cc1)C(=O)CN1C(=O)NC2(CC(=O)c3cc(Br)ccc32)C1=O)C(F)(F)F. The summed E-state index contributed by atoms with van der Waals surface area (Å²) in [6.45, 7) is -0.712. The average Bonchev–Trinajstić information content (AvgIpc) is 3.19. The maximum atomic E-state index is 13.5. The maximum Gasteiger partial charge on any atom is 0.408 e. The van der Waals surface area contributed by atoms with Gasteiger partial charge in [0, 0.05) is 23.0 Å². The van der Waals surface area contributed by atoms with Crippen molar-refractivity contribution in [2.24, 2.45) is 0 Å². The molecule has 1 fully saturated rings. The lowest BCUT2D eigenvalue weighted by Gasteiger charge is -2.32. The van der Waals surface area contributed by atoms with E-state index < -0.39 is 60.3 Å². The maximum absolute atomic E-state index is 13.5. The fraction of sp³-hybridized carbons (Fsp3) is 0.304. The lowest BCUT2D eigenvalue weighted by atomic mass is 9.92. The van der Waals surface area contributed by atoms with E-state index in [1.807, 2.05) is 0 Å². The molecule has 1 saturated heterocycles. The molecule has 12 heteroatoms. The third-order valence-electron chi connectivity index (χ3n) is 6.16. The van der Waals surface area contributed by atoms with Crippen molar-refractivity contribution in [3.05, 3.63) is 69.4 Å². The molecule has 2 aliphatic rings. The van der Waals surface area contributed by atoms with Crippen LogP contribution >= 0.6 is 15.9 Å². The second-order valence-electron chi connectivity index (χ2n) is 8.38. The molecule has 2 aromatic rings. The van der Waals surface area contributed by atoms with E-state index in [2.05, 4.69) is 21.2 Å². The summed E-state index contributed by atoms with van der Waals surface area (Å²) in [4.78, 5) is 52.5. The zero-order valence-corrected chi connectivity index (χ0v) is 19.7. The zero-order chi connectivity index (χ0) is 25.7. The largest absolute Gasteiger partial charge is 0.408 e. The number of nitrogens with one attached hydrogen (secondary N) is 1. The highest BCUT2D eigenvalue weighted by molar-refractivity contribution is 9.10. The van der Waals surface area contributed by atoms with Gasteiger partial charge in [-0.15, -0.1) is 0 Å². The third-order valence-corrected chi connectivity index (χ3v) is 6.66. The van der Waals surface area contributed by atoms with E-state index in [0.29, 0.717) is 14.3 Å². The van der Waals surface area contributed by atoms with Crippen molar-refractivity contribution in [2.45, 2.75) is 37.6 Å². The number of carbonyl (C=O) groups excluding carboxylic acids is 4. The molecule has 0 radical (unpaired) electrons. The second kappa shape index (κ2) is 8.74. The number of fused-ring (bicyclic) bond motifs is 2. The van der Waals surface area contributed by atoms with Crippen LogP contribution in [0.2, 0.25) is 0 Å². The summed E-state index contributed by atoms with van der Waals surface area (Å²) in [6.07, 6.45) is -5.16. The number of urea groups is 1. The molecule has 1 aliphatic carbocycles. The van der Waals surface area contributed by atoms with E-state index in [1.165, 1.54) is 24.3 Å². The molecule has 1 N–H and O–H groups in total. The summed E-state index contributed by atoms with van der Waals surface area (Å²) in [7, 11) is 0. The van der Waals surface area contributed by atoms with Crippen molar-refractivity contribution >= 4 is 39.6 Å². The van der Waals surface area contributed by atoms with Gasteiger partial charge < -0.3 is 10.2 Å². The monoisotopic (exact) mass is 555 g/mol. The number of rotatable bonds is 5. The first-order valence-corrected chi connectivity index (χ1v) is 11.2. The van der Waals surface area contributed by atoms with Crippen molar-refractivity contribution in [1.29, 1.82) is 0 Å². The van der Waals surface area contributed by atoms with Crippen LogP contribution in [0.1, 0.15) is 34.8 Å². The minimum Gasteiger partial charge on any atom is -0.325 e. The van der Waals surface area contributed by atoms with Gasteiger partial charge in [-0.3, -0.25) is 19.3 Å². The predicted molar refractivity (Wildman–Crippen MR) is 117 cm³/mol. The number of amides is 4. The first-order valence-electron chi connectivity index (χ1n) is 10.4. The van der Waals surface area contributed by atoms with Gasteiger partial charge in [0.1, 0.15) is 18.4 Å². The Bertz CT molecular complexity index is 1230. The van der Waals surface area contributed by atoms with Crippen molar-refractivity contribution in [2.75, 3.05) is 6.54 Å². The van der Waals surface area contributed by atoms with E-state index in [-0.39, 0.29) is 23.1 Å². The van der Waals surface area contributed by atoms with Gasteiger partial charge in [0.05, 0.1) is 0 Å². The topological polar surface area (TPSA) is 86.8 Å². The van der Waals surface area contributed by atoms with Gasteiger partial charge in [-0.1, -0.05) is 34.1 Å². The lowest BCUT2D eigenvalue weighted by molar-refractivity contribution is -0.187. The van der Waals surface area contributed by atoms with Gasteiger partial charge in [0.25, 0.3) is 5.91 Å². The van der Waals surface area contributed by atoms with E-state index in [0.717, 1.165) is 19.1 Å². The highest BCUT2D eigenvalue weighted by Gasteiger charge is 2.58. The van der Waals surface area contributed by atoms with Gasteiger partial charge in [0.2, 0.25) is 5.91 Å². The highest BCUT2D eigenvalue weighted by Crippen LogP contribution is 2.42. The van der Waals surface area contributed by atoms with Gasteiger partial charge in [-0.25, -0.2) is 9.18 Å². The summed E-state index contributed by atoms with van der Waals surface area (Å²) in [5.74, 6) is -3.03. The van der Waals surface area contributed by atoms with Crippen LogP contribution in [0.15, 0.2) is 46.9 Å². The molecule has 184 valence electrons. The van der Waals surface area contributed by atoms with Crippen LogP contribution in [0.25, 0.3) is 0 Å². The Morgan fingerprint density at radius 3 is 2.46 bits per heavy atom. The molecule has 1 aliphatic heterocycles.